The molecule has 1 heterocycles. The minimum Gasteiger partial charge on any atom is -0.487 e. The number of nitrogen functional groups attached to an aromatic ring is 1. The van der Waals surface area contributed by atoms with Crippen LogP contribution in [0.15, 0.2) is 42.6 Å². The van der Waals surface area contributed by atoms with Gasteiger partial charge in [0, 0.05) is 11.8 Å². The number of para-hydroxylation sites is 1. The van der Waals surface area contributed by atoms with Crippen LogP contribution in [0.25, 0.3) is 0 Å². The van der Waals surface area contributed by atoms with Crippen molar-refractivity contribution in [2.45, 2.75) is 6.61 Å². The first-order valence-electron chi connectivity index (χ1n) is 5.09. The summed E-state index contributed by atoms with van der Waals surface area (Å²) in [5.74, 6) is 6.59. The van der Waals surface area contributed by atoms with Gasteiger partial charge in [0.05, 0.1) is 5.02 Å². The average molecular weight is 250 g/mol. The molecular weight excluding hydrogens is 238 g/mol. The molecule has 0 aliphatic rings. The van der Waals surface area contributed by atoms with Crippen LogP contribution in [-0.4, -0.2) is 4.98 Å². The van der Waals surface area contributed by atoms with Gasteiger partial charge in [-0.1, -0.05) is 29.8 Å². The van der Waals surface area contributed by atoms with Gasteiger partial charge in [0.2, 0.25) is 0 Å². The van der Waals surface area contributed by atoms with Crippen LogP contribution in [-0.2, 0) is 6.61 Å². The number of halogens is 1. The van der Waals surface area contributed by atoms with E-state index in [9.17, 15) is 0 Å². The van der Waals surface area contributed by atoms with E-state index in [1.165, 1.54) is 0 Å². The summed E-state index contributed by atoms with van der Waals surface area (Å²) in [5.41, 5.74) is 3.39. The Hall–Kier alpha value is -1.78. The van der Waals surface area contributed by atoms with Gasteiger partial charge in [-0.25, -0.2) is 10.8 Å². The number of nitrogens with zero attached hydrogens (tertiary/aromatic N) is 1. The fraction of sp³-hybridized carbons (Fsp3) is 0.0833. The minimum atomic E-state index is 0.358. The van der Waals surface area contributed by atoms with Crippen molar-refractivity contribution < 1.29 is 4.74 Å². The fourth-order valence-electron chi connectivity index (χ4n) is 1.40. The standard InChI is InChI=1S/C12H12ClN3O/c13-10-5-1-2-6-11(10)17-8-9-4-3-7-15-12(9)16-14/h1-7H,8,14H2,(H,15,16). The van der Waals surface area contributed by atoms with Gasteiger partial charge in [-0.3, -0.25) is 0 Å². The smallest absolute Gasteiger partial charge is 0.146 e. The highest BCUT2D eigenvalue weighted by Crippen LogP contribution is 2.24. The summed E-state index contributed by atoms with van der Waals surface area (Å²) in [7, 11) is 0. The first-order valence-corrected chi connectivity index (χ1v) is 5.47. The fourth-order valence-corrected chi connectivity index (χ4v) is 1.59. The van der Waals surface area contributed by atoms with Crippen LogP contribution in [0.2, 0.25) is 5.02 Å². The van der Waals surface area contributed by atoms with Crippen molar-refractivity contribution in [2.75, 3.05) is 5.43 Å². The lowest BCUT2D eigenvalue weighted by molar-refractivity contribution is 0.306. The van der Waals surface area contributed by atoms with E-state index in [4.69, 9.17) is 22.2 Å². The molecule has 0 unspecified atom stereocenters. The van der Waals surface area contributed by atoms with E-state index in [1.807, 2.05) is 30.3 Å². The van der Waals surface area contributed by atoms with Crippen molar-refractivity contribution in [3.63, 3.8) is 0 Å². The minimum absolute atomic E-state index is 0.358. The molecule has 0 radical (unpaired) electrons. The number of rotatable bonds is 4. The Morgan fingerprint density at radius 3 is 2.82 bits per heavy atom. The van der Waals surface area contributed by atoms with Crippen LogP contribution in [0.3, 0.4) is 0 Å². The third-order valence-corrected chi connectivity index (χ3v) is 2.56. The number of nitrogens with one attached hydrogen (secondary N) is 1. The molecule has 2 aromatic rings. The molecule has 1 aromatic heterocycles. The van der Waals surface area contributed by atoms with Crippen molar-refractivity contribution >= 4 is 17.4 Å². The summed E-state index contributed by atoms with van der Waals surface area (Å²) in [5, 5.41) is 0.582. The third-order valence-electron chi connectivity index (χ3n) is 2.25. The number of hydrazine groups is 1. The van der Waals surface area contributed by atoms with Gasteiger partial charge in [0.15, 0.2) is 0 Å². The van der Waals surface area contributed by atoms with Crippen molar-refractivity contribution in [3.8, 4) is 5.75 Å². The zero-order valence-corrected chi connectivity index (χ0v) is 9.82. The maximum absolute atomic E-state index is 5.98. The number of aromatic nitrogens is 1. The van der Waals surface area contributed by atoms with Gasteiger partial charge in [-0.2, -0.15) is 0 Å². The molecule has 0 fully saturated rings. The normalized spacial score (nSPS) is 10.0. The molecule has 0 spiro atoms. The first kappa shape index (κ1) is 11.7. The Morgan fingerprint density at radius 2 is 2.06 bits per heavy atom. The molecule has 1 aromatic carbocycles. The zero-order valence-electron chi connectivity index (χ0n) is 9.06. The molecule has 17 heavy (non-hydrogen) atoms. The number of benzene rings is 1. The van der Waals surface area contributed by atoms with Gasteiger partial charge in [0.25, 0.3) is 0 Å². The van der Waals surface area contributed by atoms with E-state index in [0.717, 1.165) is 5.56 Å². The zero-order chi connectivity index (χ0) is 12.1. The summed E-state index contributed by atoms with van der Waals surface area (Å²) in [6.45, 7) is 0.358. The number of ether oxygens (including phenoxy) is 1. The number of hydrogen-bond donors (Lipinski definition) is 2. The van der Waals surface area contributed by atoms with E-state index < -0.39 is 0 Å². The first-order chi connectivity index (χ1) is 8.31. The van der Waals surface area contributed by atoms with Crippen molar-refractivity contribution in [1.29, 1.82) is 0 Å². The van der Waals surface area contributed by atoms with Crippen LogP contribution in [0.5, 0.6) is 5.75 Å². The SMILES string of the molecule is NNc1ncccc1COc1ccccc1Cl. The number of pyridine rings is 1. The summed E-state index contributed by atoms with van der Waals surface area (Å²) in [6.07, 6.45) is 1.66. The summed E-state index contributed by atoms with van der Waals surface area (Å²) >= 11 is 5.98. The molecule has 0 saturated heterocycles. The molecule has 0 aliphatic carbocycles. The average Bonchev–Trinajstić information content (AvgIpc) is 2.38. The van der Waals surface area contributed by atoms with E-state index >= 15 is 0 Å². The van der Waals surface area contributed by atoms with Crippen LogP contribution < -0.4 is 16.0 Å². The molecular formula is C12H12ClN3O. The maximum Gasteiger partial charge on any atom is 0.146 e. The topological polar surface area (TPSA) is 60.2 Å². The van der Waals surface area contributed by atoms with E-state index in [2.05, 4.69) is 10.4 Å². The van der Waals surface area contributed by atoms with E-state index in [1.54, 1.807) is 12.3 Å². The molecule has 0 amide bonds. The van der Waals surface area contributed by atoms with Crippen molar-refractivity contribution in [2.24, 2.45) is 5.84 Å². The van der Waals surface area contributed by atoms with Crippen LogP contribution in [0, 0.1) is 0 Å². The van der Waals surface area contributed by atoms with E-state index in [-0.39, 0.29) is 0 Å². The molecule has 4 nitrogen and oxygen atoms in total. The second-order valence-corrected chi connectivity index (χ2v) is 3.78. The third kappa shape index (κ3) is 2.87. The molecule has 2 rings (SSSR count). The number of anilines is 1. The lowest BCUT2D eigenvalue weighted by Crippen LogP contribution is -2.12. The number of hydrogen-bond acceptors (Lipinski definition) is 4. The molecule has 0 bridgehead atoms. The molecule has 5 heteroatoms. The second kappa shape index (κ2) is 5.52. The molecule has 3 N–H and O–H groups in total. The highest BCUT2D eigenvalue weighted by molar-refractivity contribution is 6.32. The molecule has 0 saturated carbocycles. The second-order valence-electron chi connectivity index (χ2n) is 3.37. The molecule has 88 valence electrons. The summed E-state index contributed by atoms with van der Waals surface area (Å²) in [6, 6.07) is 11.0. The monoisotopic (exact) mass is 249 g/mol. The summed E-state index contributed by atoms with van der Waals surface area (Å²) in [4.78, 5) is 4.08. The van der Waals surface area contributed by atoms with Crippen LogP contribution in [0.1, 0.15) is 5.56 Å². The lowest BCUT2D eigenvalue weighted by atomic mass is 10.2. The largest absolute Gasteiger partial charge is 0.487 e. The van der Waals surface area contributed by atoms with Crippen LogP contribution in [0.4, 0.5) is 5.82 Å². The maximum atomic E-state index is 5.98. The predicted octanol–water partition coefficient (Wildman–Crippen LogP) is 2.60. The van der Waals surface area contributed by atoms with Gasteiger partial charge in [0.1, 0.15) is 18.2 Å². The van der Waals surface area contributed by atoms with Gasteiger partial charge in [-0.05, 0) is 18.2 Å². The van der Waals surface area contributed by atoms with E-state index in [0.29, 0.717) is 23.2 Å². The van der Waals surface area contributed by atoms with Crippen LogP contribution >= 0.6 is 11.6 Å². The summed E-state index contributed by atoms with van der Waals surface area (Å²) < 4.78 is 5.60. The quantitative estimate of drug-likeness (QED) is 0.646. The Morgan fingerprint density at radius 1 is 1.24 bits per heavy atom. The lowest BCUT2D eigenvalue weighted by Gasteiger charge is -2.10. The Bertz CT molecular complexity index is 505. The highest BCUT2D eigenvalue weighted by atomic mass is 35.5. The van der Waals surface area contributed by atoms with Gasteiger partial charge < -0.3 is 10.2 Å². The molecule has 0 atom stereocenters. The number of nitrogens with two attached hydrogens (primary N) is 1. The Kier molecular flexibility index (Phi) is 3.80. The predicted molar refractivity (Wildman–Crippen MR) is 67.8 cm³/mol. The highest BCUT2D eigenvalue weighted by Gasteiger charge is 2.04. The van der Waals surface area contributed by atoms with Crippen molar-refractivity contribution in [1.82, 2.24) is 4.98 Å². The molecule has 0 aliphatic heterocycles. The van der Waals surface area contributed by atoms with Gasteiger partial charge in [-0.15, -0.1) is 0 Å². The van der Waals surface area contributed by atoms with Gasteiger partial charge >= 0.3 is 0 Å². The Labute approximate surface area is 104 Å². The Balaban J connectivity index is 2.10. The van der Waals surface area contributed by atoms with Crippen molar-refractivity contribution in [3.05, 3.63) is 53.2 Å².